The van der Waals surface area contributed by atoms with Gasteiger partial charge >= 0.3 is 6.03 Å². The first-order valence-electron chi connectivity index (χ1n) is 3.35. The first-order valence-corrected chi connectivity index (χ1v) is 3.35. The number of urea groups is 1. The molecule has 0 spiro atoms. The lowest BCUT2D eigenvalue weighted by Crippen LogP contribution is -2.34. The molecule has 0 fully saturated rings. The number of carbonyl (C=O) groups is 1. The van der Waals surface area contributed by atoms with Crippen molar-refractivity contribution >= 4 is 11.7 Å². The minimum absolute atomic E-state index is 0.000417. The monoisotopic (exact) mass is 187 g/mol. The van der Waals surface area contributed by atoms with Crippen molar-refractivity contribution in [3.63, 3.8) is 0 Å². The van der Waals surface area contributed by atoms with Crippen LogP contribution in [0.3, 0.4) is 0 Å². The van der Waals surface area contributed by atoms with Crippen LogP contribution in [0.15, 0.2) is 18.2 Å². The summed E-state index contributed by atoms with van der Waals surface area (Å²) in [4.78, 5) is 10.6. The zero-order valence-electron chi connectivity index (χ0n) is 6.47. The van der Waals surface area contributed by atoms with E-state index in [-0.39, 0.29) is 5.69 Å². The van der Waals surface area contributed by atoms with Crippen LogP contribution < -0.4 is 16.6 Å². The first kappa shape index (κ1) is 9.40. The number of hydrazine groups is 1. The maximum Gasteiger partial charge on any atom is 0.333 e. The predicted octanol–water partition coefficient (Wildman–Crippen LogP) is 0.960. The zero-order chi connectivity index (χ0) is 9.84. The van der Waals surface area contributed by atoms with Gasteiger partial charge < -0.3 is 5.32 Å². The van der Waals surface area contributed by atoms with Gasteiger partial charge in [0.25, 0.3) is 0 Å². The Labute approximate surface area is 72.7 Å². The topological polar surface area (TPSA) is 67.1 Å². The third-order valence-corrected chi connectivity index (χ3v) is 1.25. The second kappa shape index (κ2) is 3.81. The van der Waals surface area contributed by atoms with Crippen LogP contribution in [0.5, 0.6) is 0 Å². The molecule has 0 aliphatic heterocycles. The van der Waals surface area contributed by atoms with Crippen molar-refractivity contribution in [2.24, 2.45) is 5.84 Å². The van der Waals surface area contributed by atoms with Crippen molar-refractivity contribution in [1.82, 2.24) is 5.43 Å². The van der Waals surface area contributed by atoms with Gasteiger partial charge in [0, 0.05) is 11.8 Å². The molecule has 0 saturated carbocycles. The van der Waals surface area contributed by atoms with Gasteiger partial charge in [-0.15, -0.1) is 0 Å². The predicted molar refractivity (Wildman–Crippen MR) is 42.7 cm³/mol. The lowest BCUT2D eigenvalue weighted by Gasteiger charge is -2.03. The lowest BCUT2D eigenvalue weighted by molar-refractivity contribution is 0.252. The van der Waals surface area contributed by atoms with Crippen molar-refractivity contribution in [1.29, 1.82) is 0 Å². The minimum atomic E-state index is -0.771. The molecule has 0 atom stereocenters. The molecule has 4 N–H and O–H groups in total. The van der Waals surface area contributed by atoms with E-state index in [0.29, 0.717) is 6.07 Å². The van der Waals surface area contributed by atoms with Gasteiger partial charge in [0.05, 0.1) is 0 Å². The van der Waals surface area contributed by atoms with Crippen LogP contribution in [0.1, 0.15) is 0 Å². The van der Waals surface area contributed by atoms with E-state index in [2.05, 4.69) is 5.32 Å². The summed E-state index contributed by atoms with van der Waals surface area (Å²) in [5, 5.41) is 2.12. The van der Waals surface area contributed by atoms with E-state index in [0.717, 1.165) is 12.1 Å². The number of hydrogen-bond donors (Lipinski definition) is 3. The Hall–Kier alpha value is -1.69. The second-order valence-electron chi connectivity index (χ2n) is 2.26. The fraction of sp³-hybridized carbons (Fsp3) is 0. The smallest absolute Gasteiger partial charge is 0.307 e. The number of anilines is 1. The number of rotatable bonds is 1. The highest BCUT2D eigenvalue weighted by atomic mass is 19.1. The molecule has 1 aromatic rings. The van der Waals surface area contributed by atoms with E-state index in [1.54, 1.807) is 5.43 Å². The molecule has 4 nitrogen and oxygen atoms in total. The lowest BCUT2D eigenvalue weighted by atomic mass is 10.3. The van der Waals surface area contributed by atoms with E-state index < -0.39 is 17.7 Å². The minimum Gasteiger partial charge on any atom is -0.307 e. The Morgan fingerprint density at radius 3 is 2.23 bits per heavy atom. The third-order valence-electron chi connectivity index (χ3n) is 1.25. The zero-order valence-corrected chi connectivity index (χ0v) is 6.47. The number of benzene rings is 1. The molecule has 6 heteroatoms. The van der Waals surface area contributed by atoms with E-state index in [1.165, 1.54) is 0 Å². The van der Waals surface area contributed by atoms with Gasteiger partial charge in [-0.2, -0.15) is 0 Å². The molecule has 0 heterocycles. The number of nitrogens with one attached hydrogen (secondary N) is 2. The van der Waals surface area contributed by atoms with Gasteiger partial charge in [0.15, 0.2) is 0 Å². The highest BCUT2D eigenvalue weighted by Gasteiger charge is 2.02. The Bertz CT molecular complexity index is 309. The standard InChI is InChI=1S/C7H7F2N3O/c8-4-1-5(9)3-6(2-4)11-7(13)12-10/h1-3H,10H2,(H2,11,12,13). The molecule has 0 saturated heterocycles. The molecule has 0 aliphatic rings. The second-order valence-corrected chi connectivity index (χ2v) is 2.26. The van der Waals surface area contributed by atoms with E-state index in [9.17, 15) is 13.6 Å². The van der Waals surface area contributed by atoms with Crippen LogP contribution in [0.2, 0.25) is 0 Å². The summed E-state index contributed by atoms with van der Waals surface area (Å²) >= 11 is 0. The first-order chi connectivity index (χ1) is 6.11. The van der Waals surface area contributed by atoms with Crippen LogP contribution in [-0.2, 0) is 0 Å². The summed E-state index contributed by atoms with van der Waals surface area (Å²) in [6.07, 6.45) is 0. The van der Waals surface area contributed by atoms with Crippen LogP contribution in [-0.4, -0.2) is 6.03 Å². The Morgan fingerprint density at radius 2 is 1.77 bits per heavy atom. The molecule has 0 radical (unpaired) electrons. The summed E-state index contributed by atoms with van der Waals surface area (Å²) < 4.78 is 25.1. The van der Waals surface area contributed by atoms with Gasteiger partial charge in [-0.05, 0) is 12.1 Å². The normalized spacial score (nSPS) is 9.46. The van der Waals surface area contributed by atoms with Crippen LogP contribution in [0.25, 0.3) is 0 Å². The molecule has 0 aromatic heterocycles. The Morgan fingerprint density at radius 1 is 1.23 bits per heavy atom. The Balaban J connectivity index is 2.83. The number of nitrogens with two attached hydrogens (primary N) is 1. The SMILES string of the molecule is NNC(=O)Nc1cc(F)cc(F)c1. The average molecular weight is 187 g/mol. The molecule has 70 valence electrons. The Kier molecular flexibility index (Phi) is 2.76. The van der Waals surface area contributed by atoms with E-state index in [4.69, 9.17) is 5.84 Å². The number of hydrogen-bond acceptors (Lipinski definition) is 2. The van der Waals surface area contributed by atoms with Crippen molar-refractivity contribution < 1.29 is 13.6 Å². The highest BCUT2D eigenvalue weighted by molar-refractivity contribution is 5.88. The number of halogens is 2. The molecule has 0 bridgehead atoms. The summed E-state index contributed by atoms with van der Waals surface area (Å²) in [6.45, 7) is 0. The van der Waals surface area contributed by atoms with Crippen molar-refractivity contribution in [2.75, 3.05) is 5.32 Å². The van der Waals surface area contributed by atoms with Crippen LogP contribution in [0, 0.1) is 11.6 Å². The fourth-order valence-corrected chi connectivity index (χ4v) is 0.793. The maximum absolute atomic E-state index is 12.5. The van der Waals surface area contributed by atoms with Crippen LogP contribution >= 0.6 is 0 Å². The quantitative estimate of drug-likeness (QED) is 0.348. The maximum atomic E-state index is 12.5. The third kappa shape index (κ3) is 2.68. The number of carbonyl (C=O) groups excluding carboxylic acids is 1. The molecule has 0 unspecified atom stereocenters. The van der Waals surface area contributed by atoms with Gasteiger partial charge in [-0.3, -0.25) is 5.43 Å². The van der Waals surface area contributed by atoms with E-state index >= 15 is 0 Å². The molecule has 2 amide bonds. The highest BCUT2D eigenvalue weighted by Crippen LogP contribution is 2.12. The van der Waals surface area contributed by atoms with Gasteiger partial charge in [-0.1, -0.05) is 0 Å². The molecule has 1 rings (SSSR count). The summed E-state index contributed by atoms with van der Waals surface area (Å²) in [5.74, 6) is 3.20. The van der Waals surface area contributed by atoms with Crippen molar-refractivity contribution in [2.45, 2.75) is 0 Å². The van der Waals surface area contributed by atoms with E-state index in [1.807, 2.05) is 0 Å². The fourth-order valence-electron chi connectivity index (χ4n) is 0.793. The summed E-state index contributed by atoms with van der Waals surface area (Å²) in [6, 6.07) is 1.90. The summed E-state index contributed by atoms with van der Waals surface area (Å²) in [5.41, 5.74) is 1.76. The summed E-state index contributed by atoms with van der Waals surface area (Å²) in [7, 11) is 0. The molecular weight excluding hydrogens is 180 g/mol. The van der Waals surface area contributed by atoms with Crippen molar-refractivity contribution in [3.05, 3.63) is 29.8 Å². The van der Waals surface area contributed by atoms with Gasteiger partial charge in [0.2, 0.25) is 0 Å². The molecule has 13 heavy (non-hydrogen) atoms. The molecular formula is C7H7F2N3O. The van der Waals surface area contributed by atoms with Gasteiger partial charge in [0.1, 0.15) is 11.6 Å². The largest absolute Gasteiger partial charge is 0.333 e. The van der Waals surface area contributed by atoms with Crippen molar-refractivity contribution in [3.8, 4) is 0 Å². The molecule has 1 aromatic carbocycles. The van der Waals surface area contributed by atoms with Crippen LogP contribution in [0.4, 0.5) is 19.3 Å². The number of amides is 2. The molecule has 0 aliphatic carbocycles. The average Bonchev–Trinajstić information content (AvgIpc) is 2.02. The van der Waals surface area contributed by atoms with Gasteiger partial charge in [-0.25, -0.2) is 19.4 Å².